The van der Waals surface area contributed by atoms with Gasteiger partial charge in [0.2, 0.25) is 0 Å². The highest BCUT2D eigenvalue weighted by Gasteiger charge is 2.22. The molecule has 0 fully saturated rings. The van der Waals surface area contributed by atoms with Gasteiger partial charge in [0.25, 0.3) is 7.82 Å². The van der Waals surface area contributed by atoms with E-state index in [4.69, 9.17) is 18.5 Å². The molecule has 0 aliphatic rings. The number of unbranched alkanes of at least 4 members (excludes halogenated alkanes) is 15. The minimum Gasteiger partial charge on any atom is -0.756 e. The smallest absolute Gasteiger partial charge is 0.306 e. The molecule has 0 spiro atoms. The van der Waals surface area contributed by atoms with E-state index in [9.17, 15) is 34.4 Å². The Labute approximate surface area is 352 Å². The Kier molecular flexibility index (Phi) is 35.3. The molecule has 0 radical (unpaired) electrons. The first-order valence-corrected chi connectivity index (χ1v) is 23.6. The van der Waals surface area contributed by atoms with Crippen molar-refractivity contribution in [1.82, 2.24) is 0 Å². The molecule has 13 heteroatoms. The fourth-order valence-electron chi connectivity index (χ4n) is 5.80. The number of aliphatic hydroxyl groups excluding tert-OH is 3. The molecule has 0 rings (SSSR count). The number of allylic oxidation sites excluding steroid dienone is 6. The second kappa shape index (κ2) is 36.7. The number of quaternary nitrogens is 1. The van der Waals surface area contributed by atoms with Gasteiger partial charge in [0.15, 0.2) is 6.10 Å². The van der Waals surface area contributed by atoms with Crippen molar-refractivity contribution in [2.45, 2.75) is 180 Å². The lowest BCUT2D eigenvalue weighted by atomic mass is 10.0. The average molecular weight is 844 g/mol. The second-order valence-corrected chi connectivity index (χ2v) is 17.7. The second-order valence-electron chi connectivity index (χ2n) is 16.3. The number of phosphoric acid groups is 1. The van der Waals surface area contributed by atoms with Crippen molar-refractivity contribution < 1.29 is 57.4 Å². The quantitative estimate of drug-likeness (QED) is 0.0178. The topological polar surface area (TPSA) is 172 Å². The van der Waals surface area contributed by atoms with E-state index < -0.39 is 50.8 Å². The largest absolute Gasteiger partial charge is 0.756 e. The van der Waals surface area contributed by atoms with Crippen LogP contribution in [0.15, 0.2) is 48.6 Å². The molecule has 0 aliphatic heterocycles. The molecule has 0 bridgehead atoms. The Morgan fingerprint density at radius 1 is 0.621 bits per heavy atom. The highest BCUT2D eigenvalue weighted by Crippen LogP contribution is 2.38. The number of hydrogen-bond donors (Lipinski definition) is 3. The zero-order valence-electron chi connectivity index (χ0n) is 36.8. The van der Waals surface area contributed by atoms with Gasteiger partial charge in [-0.2, -0.15) is 0 Å². The number of carbonyl (C=O) groups is 2. The fourth-order valence-corrected chi connectivity index (χ4v) is 6.53. The van der Waals surface area contributed by atoms with Crippen LogP contribution < -0.4 is 4.89 Å². The summed E-state index contributed by atoms with van der Waals surface area (Å²) in [5.41, 5.74) is 0. The van der Waals surface area contributed by atoms with Crippen molar-refractivity contribution in [3.8, 4) is 0 Å². The maximum absolute atomic E-state index is 12.7. The number of phosphoric ester groups is 1. The Morgan fingerprint density at radius 3 is 1.69 bits per heavy atom. The van der Waals surface area contributed by atoms with Gasteiger partial charge in [-0.25, -0.2) is 0 Å². The van der Waals surface area contributed by atoms with E-state index in [-0.39, 0.29) is 38.9 Å². The van der Waals surface area contributed by atoms with E-state index >= 15 is 0 Å². The Bertz CT molecular complexity index is 1180. The van der Waals surface area contributed by atoms with E-state index in [1.54, 1.807) is 42.5 Å². The summed E-state index contributed by atoms with van der Waals surface area (Å²) in [5, 5.41) is 30.6. The molecule has 12 nitrogen and oxygen atoms in total. The lowest BCUT2D eigenvalue weighted by Gasteiger charge is -2.28. The molecule has 0 saturated heterocycles. The third-order valence-corrected chi connectivity index (χ3v) is 10.4. The molecule has 5 atom stereocenters. The number of hydrogen-bond acceptors (Lipinski definition) is 11. The molecule has 338 valence electrons. The number of carbonyl (C=O) groups excluding carboxylic acids is 2. The minimum atomic E-state index is -4.72. The molecule has 3 N–H and O–H groups in total. The first-order valence-electron chi connectivity index (χ1n) is 22.2. The Hall–Kier alpha value is -2.15. The lowest BCUT2D eigenvalue weighted by Crippen LogP contribution is -2.37. The standard InChI is InChI=1S/C45H82NO11P/c1-6-8-10-11-12-13-14-15-16-17-18-19-24-28-34-44(50)54-38-41(39-56-58(52,53)55-37-36-46(3,4)5)57-45(51)35-29-33-43(49)42(48)32-27-23-21-20-22-26-31-40(47)30-25-9-7-2/h20-23,26-27,31-32,40-43,47-49H,6-19,24-25,28-30,33-39H2,1-5H3/b22-20-,23-21+,31-26+,32-27+/t40-,41+,42-,43-/m0/s1. The average Bonchev–Trinajstić information content (AvgIpc) is 3.16. The van der Waals surface area contributed by atoms with E-state index in [1.165, 1.54) is 70.3 Å². The number of ether oxygens (including phenoxy) is 2. The third-order valence-electron chi connectivity index (χ3n) is 9.47. The van der Waals surface area contributed by atoms with Crippen LogP contribution in [0.5, 0.6) is 0 Å². The number of rotatable bonds is 39. The monoisotopic (exact) mass is 844 g/mol. The maximum Gasteiger partial charge on any atom is 0.306 e. The molecule has 0 aromatic rings. The van der Waals surface area contributed by atoms with Gasteiger partial charge >= 0.3 is 11.9 Å². The highest BCUT2D eigenvalue weighted by atomic mass is 31.2. The predicted octanol–water partition coefficient (Wildman–Crippen LogP) is 8.58. The molecule has 0 heterocycles. The van der Waals surface area contributed by atoms with Crippen LogP contribution in [-0.2, 0) is 32.7 Å². The van der Waals surface area contributed by atoms with Crippen LogP contribution in [0.4, 0.5) is 0 Å². The molecule has 1 unspecified atom stereocenters. The van der Waals surface area contributed by atoms with Crippen LogP contribution in [0.25, 0.3) is 0 Å². The molecular weight excluding hydrogens is 761 g/mol. The maximum atomic E-state index is 12.7. The van der Waals surface area contributed by atoms with Crippen molar-refractivity contribution in [2.24, 2.45) is 0 Å². The molecule has 0 aromatic carbocycles. The van der Waals surface area contributed by atoms with Crippen molar-refractivity contribution in [3.05, 3.63) is 48.6 Å². The van der Waals surface area contributed by atoms with Gasteiger partial charge < -0.3 is 43.2 Å². The van der Waals surface area contributed by atoms with Crippen LogP contribution in [0, 0.1) is 0 Å². The molecular formula is C45H82NO11P. The summed E-state index contributed by atoms with van der Waals surface area (Å²) >= 11 is 0. The summed E-state index contributed by atoms with van der Waals surface area (Å²) in [5.74, 6) is -1.16. The van der Waals surface area contributed by atoms with Gasteiger partial charge in [0, 0.05) is 12.8 Å². The van der Waals surface area contributed by atoms with Crippen molar-refractivity contribution in [2.75, 3.05) is 47.5 Å². The van der Waals surface area contributed by atoms with Gasteiger partial charge in [-0.05, 0) is 25.7 Å². The van der Waals surface area contributed by atoms with Gasteiger partial charge in [0.05, 0.1) is 46.1 Å². The summed E-state index contributed by atoms with van der Waals surface area (Å²) in [6, 6.07) is 0. The number of aliphatic hydroxyl groups is 3. The van der Waals surface area contributed by atoms with Crippen LogP contribution in [0.2, 0.25) is 0 Å². The molecule has 0 aliphatic carbocycles. The van der Waals surface area contributed by atoms with Crippen LogP contribution in [0.3, 0.4) is 0 Å². The number of esters is 2. The van der Waals surface area contributed by atoms with Gasteiger partial charge in [0.1, 0.15) is 19.8 Å². The van der Waals surface area contributed by atoms with E-state index in [0.29, 0.717) is 17.4 Å². The SMILES string of the molecule is CCCCCCCCCCCCCCCCC(=O)OC[C@H](COP(=O)([O-])OCC[N+](C)(C)C)OC(=O)CCC[C@H](O)[C@@H](O)/C=C/C=C/C=C\C=C\[C@@H](O)CCCCC. The zero-order valence-corrected chi connectivity index (χ0v) is 37.7. The van der Waals surface area contributed by atoms with Gasteiger partial charge in [-0.3, -0.25) is 14.2 Å². The van der Waals surface area contributed by atoms with E-state index in [1.807, 2.05) is 21.1 Å². The molecule has 0 amide bonds. The summed E-state index contributed by atoms with van der Waals surface area (Å²) in [7, 11) is 0.947. The van der Waals surface area contributed by atoms with Crippen molar-refractivity contribution in [3.63, 3.8) is 0 Å². The summed E-state index contributed by atoms with van der Waals surface area (Å²) in [4.78, 5) is 37.6. The van der Waals surface area contributed by atoms with Crippen LogP contribution in [0.1, 0.15) is 155 Å². The molecule has 0 saturated carbocycles. The van der Waals surface area contributed by atoms with Crippen LogP contribution in [-0.4, -0.2) is 104 Å². The van der Waals surface area contributed by atoms with Crippen LogP contribution >= 0.6 is 7.82 Å². The summed E-state index contributed by atoms with van der Waals surface area (Å²) < 4.78 is 33.6. The lowest BCUT2D eigenvalue weighted by molar-refractivity contribution is -0.870. The fraction of sp³-hybridized carbons (Fsp3) is 0.778. The first kappa shape index (κ1) is 55.9. The number of nitrogens with zero attached hydrogens (tertiary/aromatic N) is 1. The van der Waals surface area contributed by atoms with Crippen molar-refractivity contribution in [1.29, 1.82) is 0 Å². The minimum absolute atomic E-state index is 0.0949. The molecule has 0 aromatic heterocycles. The Balaban J connectivity index is 4.70. The van der Waals surface area contributed by atoms with Gasteiger partial charge in [-0.1, -0.05) is 165 Å². The zero-order chi connectivity index (χ0) is 43.3. The number of likely N-dealkylation sites (N-methyl/N-ethyl adjacent to an activating group) is 1. The van der Waals surface area contributed by atoms with Crippen molar-refractivity contribution >= 4 is 19.8 Å². The normalized spacial score (nSPS) is 15.7. The predicted molar refractivity (Wildman–Crippen MR) is 231 cm³/mol. The van der Waals surface area contributed by atoms with Gasteiger partial charge in [-0.15, -0.1) is 0 Å². The first-order chi connectivity index (χ1) is 27.7. The Morgan fingerprint density at radius 2 is 1.12 bits per heavy atom. The van der Waals surface area contributed by atoms with E-state index in [0.717, 1.165) is 44.9 Å². The molecule has 58 heavy (non-hydrogen) atoms. The highest BCUT2D eigenvalue weighted by molar-refractivity contribution is 7.45. The summed E-state index contributed by atoms with van der Waals surface area (Å²) in [6.45, 7) is 3.71. The summed E-state index contributed by atoms with van der Waals surface area (Å²) in [6.07, 6.45) is 30.8. The van der Waals surface area contributed by atoms with E-state index in [2.05, 4.69) is 13.8 Å². The third kappa shape index (κ3) is 38.1.